The summed E-state index contributed by atoms with van der Waals surface area (Å²) >= 11 is 1.40. The molecule has 0 fully saturated rings. The first-order valence-electron chi connectivity index (χ1n) is 6.51. The maximum atomic E-state index is 12.6. The van der Waals surface area contributed by atoms with E-state index in [-0.39, 0.29) is 5.91 Å². The fourth-order valence-electron chi connectivity index (χ4n) is 2.24. The van der Waals surface area contributed by atoms with Gasteiger partial charge in [0.05, 0.1) is 23.4 Å². The van der Waals surface area contributed by atoms with Gasteiger partial charge in [-0.1, -0.05) is 0 Å². The van der Waals surface area contributed by atoms with E-state index in [1.54, 1.807) is 16.7 Å². The predicted molar refractivity (Wildman–Crippen MR) is 81.2 cm³/mol. The second kappa shape index (κ2) is 5.80. The van der Waals surface area contributed by atoms with Crippen molar-refractivity contribution in [1.82, 2.24) is 14.7 Å². The number of nitrogens with two attached hydrogens (primary N) is 1. The van der Waals surface area contributed by atoms with Crippen LogP contribution in [-0.2, 0) is 11.8 Å². The number of methoxy groups -OCH3 is 1. The molecule has 2 aromatic heterocycles. The summed E-state index contributed by atoms with van der Waals surface area (Å²) in [6, 6.07) is 0. The summed E-state index contributed by atoms with van der Waals surface area (Å²) in [5, 5.41) is 5.22. The van der Waals surface area contributed by atoms with E-state index in [2.05, 4.69) is 5.10 Å². The molecule has 20 heavy (non-hydrogen) atoms. The molecule has 0 aliphatic rings. The molecule has 0 radical (unpaired) electrons. The van der Waals surface area contributed by atoms with Crippen LogP contribution in [-0.4, -0.2) is 47.4 Å². The lowest BCUT2D eigenvalue weighted by atomic mass is 10.2. The topological polar surface area (TPSA) is 73.4 Å². The first-order valence-corrected chi connectivity index (χ1v) is 7.32. The number of aryl methyl sites for hydroxylation is 2. The van der Waals surface area contributed by atoms with Gasteiger partial charge in [0, 0.05) is 27.2 Å². The highest BCUT2D eigenvalue weighted by Gasteiger charge is 2.24. The van der Waals surface area contributed by atoms with Crippen molar-refractivity contribution >= 4 is 33.1 Å². The molecule has 7 heteroatoms. The van der Waals surface area contributed by atoms with Crippen LogP contribution in [0.5, 0.6) is 0 Å². The molecular formula is C13H20N4O2S. The quantitative estimate of drug-likeness (QED) is 0.910. The van der Waals surface area contributed by atoms with E-state index in [0.717, 1.165) is 15.9 Å². The third-order valence-corrected chi connectivity index (χ3v) is 4.57. The zero-order chi connectivity index (χ0) is 14.9. The Morgan fingerprint density at radius 3 is 2.80 bits per heavy atom. The van der Waals surface area contributed by atoms with Crippen LogP contribution in [0.1, 0.15) is 22.3 Å². The first kappa shape index (κ1) is 14.8. The summed E-state index contributed by atoms with van der Waals surface area (Å²) in [6.45, 7) is 5.57. The summed E-state index contributed by atoms with van der Waals surface area (Å²) < 4.78 is 6.81. The number of fused-ring (bicyclic) bond motifs is 1. The number of rotatable bonds is 5. The Hall–Kier alpha value is -1.60. The summed E-state index contributed by atoms with van der Waals surface area (Å²) in [6.07, 6.45) is 0. The molecule has 2 heterocycles. The largest absolute Gasteiger partial charge is 0.397 e. The van der Waals surface area contributed by atoms with Crippen molar-refractivity contribution in [2.45, 2.75) is 13.8 Å². The number of aromatic nitrogens is 2. The minimum atomic E-state index is -0.0392. The van der Waals surface area contributed by atoms with Crippen LogP contribution in [0.4, 0.5) is 5.69 Å². The van der Waals surface area contributed by atoms with Crippen LogP contribution in [0, 0.1) is 6.92 Å². The molecule has 0 saturated carbocycles. The number of nitrogens with zero attached hydrogens (tertiary/aromatic N) is 3. The Balaban J connectivity index is 2.39. The van der Waals surface area contributed by atoms with E-state index < -0.39 is 0 Å². The van der Waals surface area contributed by atoms with Gasteiger partial charge in [0.1, 0.15) is 9.71 Å². The minimum absolute atomic E-state index is 0.0392. The van der Waals surface area contributed by atoms with Crippen molar-refractivity contribution in [3.63, 3.8) is 0 Å². The maximum Gasteiger partial charge on any atom is 0.266 e. The summed E-state index contributed by atoms with van der Waals surface area (Å²) in [5.41, 5.74) is 7.55. The molecule has 0 bridgehead atoms. The lowest BCUT2D eigenvalue weighted by molar-refractivity contribution is 0.0712. The number of likely N-dealkylation sites (N-methyl/N-ethyl adjacent to an activating group) is 1. The summed E-state index contributed by atoms with van der Waals surface area (Å²) in [4.78, 5) is 15.8. The maximum absolute atomic E-state index is 12.6. The molecule has 0 spiro atoms. The molecule has 0 unspecified atom stereocenters. The number of amides is 1. The van der Waals surface area contributed by atoms with Gasteiger partial charge in [0.25, 0.3) is 5.91 Å². The molecule has 0 aliphatic heterocycles. The molecule has 2 rings (SSSR count). The monoisotopic (exact) mass is 296 g/mol. The Kier molecular flexibility index (Phi) is 4.29. The van der Waals surface area contributed by atoms with Gasteiger partial charge < -0.3 is 15.4 Å². The van der Waals surface area contributed by atoms with E-state index in [0.29, 0.717) is 30.3 Å². The van der Waals surface area contributed by atoms with E-state index in [4.69, 9.17) is 10.5 Å². The molecule has 1 amide bonds. The number of carbonyl (C=O) groups is 1. The smallest absolute Gasteiger partial charge is 0.266 e. The zero-order valence-electron chi connectivity index (χ0n) is 12.3. The van der Waals surface area contributed by atoms with Crippen molar-refractivity contribution in [3.8, 4) is 0 Å². The van der Waals surface area contributed by atoms with E-state index in [1.165, 1.54) is 11.3 Å². The van der Waals surface area contributed by atoms with Crippen molar-refractivity contribution in [1.29, 1.82) is 0 Å². The summed E-state index contributed by atoms with van der Waals surface area (Å²) in [5.74, 6) is -0.0392. The standard InChI is InChI=1S/C13H20N4O2S/c1-5-17(6-7-19-4)12(18)11-10(14)9-8(2)15-16(3)13(9)20-11/h5-7,14H2,1-4H3. The van der Waals surface area contributed by atoms with Crippen molar-refractivity contribution < 1.29 is 9.53 Å². The number of anilines is 1. The number of carbonyl (C=O) groups excluding carboxylic acids is 1. The average Bonchev–Trinajstić information content (AvgIpc) is 2.90. The minimum Gasteiger partial charge on any atom is -0.397 e. The Labute approximate surface area is 122 Å². The number of ether oxygens (including phenoxy) is 1. The molecule has 0 saturated heterocycles. The van der Waals surface area contributed by atoms with Gasteiger partial charge in [-0.15, -0.1) is 11.3 Å². The van der Waals surface area contributed by atoms with E-state index in [9.17, 15) is 4.79 Å². The fourth-order valence-corrected chi connectivity index (χ4v) is 3.39. The molecule has 6 nitrogen and oxygen atoms in total. The van der Waals surface area contributed by atoms with Crippen LogP contribution in [0.2, 0.25) is 0 Å². The number of thiophene rings is 1. The fraction of sp³-hybridized carbons (Fsp3) is 0.538. The van der Waals surface area contributed by atoms with Gasteiger partial charge in [0.2, 0.25) is 0 Å². The highest BCUT2D eigenvalue weighted by molar-refractivity contribution is 7.21. The highest BCUT2D eigenvalue weighted by atomic mass is 32.1. The highest BCUT2D eigenvalue weighted by Crippen LogP contribution is 2.36. The predicted octanol–water partition coefficient (Wildman–Crippen LogP) is 1.63. The van der Waals surface area contributed by atoms with Gasteiger partial charge in [-0.05, 0) is 13.8 Å². The molecule has 2 aromatic rings. The number of nitrogen functional groups attached to an aromatic ring is 1. The molecular weight excluding hydrogens is 276 g/mol. The Morgan fingerprint density at radius 1 is 1.55 bits per heavy atom. The van der Waals surface area contributed by atoms with E-state index in [1.807, 2.05) is 20.9 Å². The molecule has 0 atom stereocenters. The molecule has 2 N–H and O–H groups in total. The number of hydrogen-bond acceptors (Lipinski definition) is 5. The summed E-state index contributed by atoms with van der Waals surface area (Å²) in [7, 11) is 3.49. The lowest BCUT2D eigenvalue weighted by Gasteiger charge is -2.19. The zero-order valence-corrected chi connectivity index (χ0v) is 13.1. The second-order valence-electron chi connectivity index (χ2n) is 4.61. The lowest BCUT2D eigenvalue weighted by Crippen LogP contribution is -2.33. The second-order valence-corrected chi connectivity index (χ2v) is 5.61. The SMILES string of the molecule is CCN(CCOC)C(=O)c1sc2c(c(C)nn2C)c1N. The normalized spacial score (nSPS) is 11.2. The van der Waals surface area contributed by atoms with Crippen molar-refractivity contribution in [2.75, 3.05) is 32.5 Å². The van der Waals surface area contributed by atoms with Crippen molar-refractivity contribution in [2.24, 2.45) is 7.05 Å². The molecule has 0 aromatic carbocycles. The van der Waals surface area contributed by atoms with Crippen LogP contribution in [0.3, 0.4) is 0 Å². The third-order valence-electron chi connectivity index (χ3n) is 3.31. The first-order chi connectivity index (χ1) is 9.51. The van der Waals surface area contributed by atoms with Crippen LogP contribution in [0.25, 0.3) is 10.2 Å². The van der Waals surface area contributed by atoms with Crippen LogP contribution < -0.4 is 5.73 Å². The molecule has 0 aliphatic carbocycles. The van der Waals surface area contributed by atoms with Crippen LogP contribution >= 0.6 is 11.3 Å². The van der Waals surface area contributed by atoms with Gasteiger partial charge in [0.15, 0.2) is 0 Å². The van der Waals surface area contributed by atoms with Crippen molar-refractivity contribution in [3.05, 3.63) is 10.6 Å². The average molecular weight is 296 g/mol. The number of hydrogen-bond donors (Lipinski definition) is 1. The Morgan fingerprint density at radius 2 is 2.25 bits per heavy atom. The van der Waals surface area contributed by atoms with Crippen LogP contribution in [0.15, 0.2) is 0 Å². The molecule has 110 valence electrons. The van der Waals surface area contributed by atoms with Gasteiger partial charge in [-0.2, -0.15) is 5.10 Å². The Bertz CT molecular complexity index is 632. The van der Waals surface area contributed by atoms with Gasteiger partial charge in [-0.25, -0.2) is 0 Å². The third kappa shape index (κ3) is 2.38. The van der Waals surface area contributed by atoms with Gasteiger partial charge >= 0.3 is 0 Å². The van der Waals surface area contributed by atoms with Gasteiger partial charge in [-0.3, -0.25) is 9.48 Å². The van der Waals surface area contributed by atoms with E-state index >= 15 is 0 Å².